The SMILES string of the molecule is COc1ccc(-n2nc(C(F)(F)F)c3c2C(=O)N(c2ccccc2)CC3)c(C(=O)N[C@@H](C)C(=O)Nc2ccc3c(c2)OCO3)c1. The van der Waals surface area contributed by atoms with Crippen molar-refractivity contribution in [3.63, 3.8) is 0 Å². The van der Waals surface area contributed by atoms with Gasteiger partial charge in [-0.05, 0) is 55.8 Å². The number of aromatic nitrogens is 2. The van der Waals surface area contributed by atoms with Crippen LogP contribution in [-0.4, -0.2) is 54.0 Å². The molecule has 3 heterocycles. The van der Waals surface area contributed by atoms with Crippen LogP contribution in [0.5, 0.6) is 17.2 Å². The third-order valence-corrected chi connectivity index (χ3v) is 7.41. The Morgan fingerprint density at radius 3 is 2.51 bits per heavy atom. The first-order valence-corrected chi connectivity index (χ1v) is 13.8. The fourth-order valence-corrected chi connectivity index (χ4v) is 5.19. The molecule has 232 valence electrons. The van der Waals surface area contributed by atoms with E-state index in [0.29, 0.717) is 22.9 Å². The zero-order chi connectivity index (χ0) is 31.9. The van der Waals surface area contributed by atoms with Crippen LogP contribution in [0.1, 0.15) is 39.0 Å². The molecule has 2 aliphatic rings. The van der Waals surface area contributed by atoms with Gasteiger partial charge in [-0.25, -0.2) is 4.68 Å². The summed E-state index contributed by atoms with van der Waals surface area (Å²) in [6.07, 6.45) is -4.97. The van der Waals surface area contributed by atoms with Gasteiger partial charge in [0.15, 0.2) is 17.2 Å². The summed E-state index contributed by atoms with van der Waals surface area (Å²) in [4.78, 5) is 41.7. The molecule has 2 aliphatic heterocycles. The van der Waals surface area contributed by atoms with Crippen molar-refractivity contribution in [3.05, 3.63) is 89.2 Å². The number of alkyl halides is 3. The molecular formula is C31H26F3N5O6. The highest BCUT2D eigenvalue weighted by atomic mass is 19.4. The van der Waals surface area contributed by atoms with Gasteiger partial charge < -0.3 is 29.7 Å². The van der Waals surface area contributed by atoms with Crippen LogP contribution >= 0.6 is 0 Å². The summed E-state index contributed by atoms with van der Waals surface area (Å²) in [5, 5.41) is 9.08. The molecule has 0 bridgehead atoms. The van der Waals surface area contributed by atoms with Crippen molar-refractivity contribution in [2.75, 3.05) is 30.7 Å². The number of para-hydroxylation sites is 1. The maximum Gasteiger partial charge on any atom is 0.435 e. The van der Waals surface area contributed by atoms with Gasteiger partial charge in [0.1, 0.15) is 17.5 Å². The van der Waals surface area contributed by atoms with Gasteiger partial charge in [0.25, 0.3) is 11.8 Å². The lowest BCUT2D eigenvalue weighted by atomic mass is 10.0. The molecule has 1 aromatic heterocycles. The number of nitrogens with zero attached hydrogens (tertiary/aromatic N) is 3. The summed E-state index contributed by atoms with van der Waals surface area (Å²) in [6, 6.07) is 16.3. The topological polar surface area (TPSA) is 124 Å². The first kappa shape index (κ1) is 29.5. The molecule has 0 aliphatic carbocycles. The Morgan fingerprint density at radius 1 is 1.02 bits per heavy atom. The highest BCUT2D eigenvalue weighted by Gasteiger charge is 2.43. The molecule has 3 aromatic carbocycles. The molecule has 1 atom stereocenters. The summed E-state index contributed by atoms with van der Waals surface area (Å²) in [6.45, 7) is 1.51. The number of hydrogen-bond acceptors (Lipinski definition) is 7. The number of nitrogens with one attached hydrogen (secondary N) is 2. The molecule has 2 N–H and O–H groups in total. The Kier molecular flexibility index (Phi) is 7.56. The van der Waals surface area contributed by atoms with E-state index in [1.807, 2.05) is 0 Å². The van der Waals surface area contributed by atoms with Gasteiger partial charge in [-0.3, -0.25) is 14.4 Å². The maximum absolute atomic E-state index is 14.2. The van der Waals surface area contributed by atoms with E-state index in [-0.39, 0.29) is 48.0 Å². The number of anilines is 2. The van der Waals surface area contributed by atoms with E-state index in [2.05, 4.69) is 15.7 Å². The highest BCUT2D eigenvalue weighted by Crippen LogP contribution is 2.38. The third-order valence-electron chi connectivity index (χ3n) is 7.41. The minimum Gasteiger partial charge on any atom is -0.497 e. The van der Waals surface area contributed by atoms with Crippen molar-refractivity contribution in [2.24, 2.45) is 0 Å². The van der Waals surface area contributed by atoms with Gasteiger partial charge in [-0.1, -0.05) is 18.2 Å². The number of hydrogen-bond donors (Lipinski definition) is 2. The van der Waals surface area contributed by atoms with Crippen molar-refractivity contribution in [3.8, 4) is 22.9 Å². The quantitative estimate of drug-likeness (QED) is 0.310. The molecule has 0 spiro atoms. The van der Waals surface area contributed by atoms with Gasteiger partial charge >= 0.3 is 6.18 Å². The molecule has 0 saturated carbocycles. The summed E-state index contributed by atoms with van der Waals surface area (Å²) < 4.78 is 59.3. The number of rotatable bonds is 7. The van der Waals surface area contributed by atoms with Gasteiger partial charge in [-0.15, -0.1) is 0 Å². The van der Waals surface area contributed by atoms with Crippen LogP contribution in [0.15, 0.2) is 66.7 Å². The number of carbonyl (C=O) groups is 3. The van der Waals surface area contributed by atoms with Crippen LogP contribution in [0.4, 0.5) is 24.5 Å². The fourth-order valence-electron chi connectivity index (χ4n) is 5.19. The van der Waals surface area contributed by atoms with Crippen LogP contribution in [-0.2, 0) is 17.4 Å². The number of halogens is 3. The second kappa shape index (κ2) is 11.5. The predicted molar refractivity (Wildman–Crippen MR) is 155 cm³/mol. The van der Waals surface area contributed by atoms with Gasteiger partial charge in [0.2, 0.25) is 12.7 Å². The predicted octanol–water partition coefficient (Wildman–Crippen LogP) is 4.59. The normalized spacial score (nSPS) is 14.5. The molecule has 11 nitrogen and oxygen atoms in total. The minimum absolute atomic E-state index is 0.0105. The van der Waals surface area contributed by atoms with Crippen LogP contribution < -0.4 is 29.7 Å². The van der Waals surface area contributed by atoms with Gasteiger partial charge in [0, 0.05) is 29.5 Å². The second-order valence-electron chi connectivity index (χ2n) is 10.3. The Labute approximate surface area is 254 Å². The lowest BCUT2D eigenvalue weighted by Gasteiger charge is -2.28. The van der Waals surface area contributed by atoms with Crippen LogP contribution in [0.25, 0.3) is 5.69 Å². The van der Waals surface area contributed by atoms with Crippen LogP contribution in [0.2, 0.25) is 0 Å². The molecule has 14 heteroatoms. The molecule has 45 heavy (non-hydrogen) atoms. The van der Waals surface area contributed by atoms with Crippen molar-refractivity contribution < 1.29 is 41.8 Å². The van der Waals surface area contributed by atoms with E-state index in [4.69, 9.17) is 14.2 Å². The largest absolute Gasteiger partial charge is 0.497 e. The monoisotopic (exact) mass is 621 g/mol. The molecule has 4 aromatic rings. The number of amides is 3. The standard InChI is InChI=1S/C31H26F3N5O6/c1-17(28(40)36-18-8-11-24-25(14-18)45-16-44-24)35-29(41)22-15-20(43-2)9-10-23(22)39-26-21(27(37-39)31(32,33)34)12-13-38(30(26)42)19-6-4-3-5-7-19/h3-11,14-15,17H,12-13,16H2,1-2H3,(H,35,41)(H,36,40)/t17-/m0/s1. The van der Waals surface area contributed by atoms with E-state index < -0.39 is 35.6 Å². The summed E-state index contributed by atoms with van der Waals surface area (Å²) >= 11 is 0. The molecular weight excluding hydrogens is 595 g/mol. The van der Waals surface area contributed by atoms with Crippen molar-refractivity contribution in [2.45, 2.75) is 25.6 Å². The first-order valence-electron chi connectivity index (χ1n) is 13.8. The van der Waals surface area contributed by atoms with Crippen LogP contribution in [0.3, 0.4) is 0 Å². The highest BCUT2D eigenvalue weighted by molar-refractivity contribution is 6.08. The van der Waals surface area contributed by atoms with Crippen molar-refractivity contribution in [1.82, 2.24) is 15.1 Å². The van der Waals surface area contributed by atoms with Gasteiger partial charge in [0.05, 0.1) is 18.4 Å². The lowest BCUT2D eigenvalue weighted by molar-refractivity contribution is -0.142. The Morgan fingerprint density at radius 2 is 1.78 bits per heavy atom. The average Bonchev–Trinajstić information content (AvgIpc) is 3.66. The molecule has 0 fully saturated rings. The van der Waals surface area contributed by atoms with E-state index >= 15 is 0 Å². The summed E-state index contributed by atoms with van der Waals surface area (Å²) in [5.41, 5.74) is -1.16. The molecule has 0 radical (unpaired) electrons. The van der Waals surface area contributed by atoms with Crippen LogP contribution in [0, 0.1) is 0 Å². The molecule has 0 unspecified atom stereocenters. The Bertz CT molecular complexity index is 1810. The molecule has 0 saturated heterocycles. The Balaban J connectivity index is 1.34. The minimum atomic E-state index is -4.86. The van der Waals surface area contributed by atoms with Crippen molar-refractivity contribution in [1.29, 1.82) is 0 Å². The van der Waals surface area contributed by atoms with E-state index in [0.717, 1.165) is 4.68 Å². The van der Waals surface area contributed by atoms with E-state index in [1.54, 1.807) is 48.5 Å². The third kappa shape index (κ3) is 5.61. The smallest absolute Gasteiger partial charge is 0.435 e. The summed E-state index contributed by atoms with van der Waals surface area (Å²) in [7, 11) is 1.36. The van der Waals surface area contributed by atoms with E-state index in [9.17, 15) is 27.6 Å². The second-order valence-corrected chi connectivity index (χ2v) is 10.3. The number of methoxy groups -OCH3 is 1. The first-order chi connectivity index (χ1) is 21.5. The van der Waals surface area contributed by atoms with E-state index in [1.165, 1.54) is 37.1 Å². The van der Waals surface area contributed by atoms with Gasteiger partial charge in [-0.2, -0.15) is 18.3 Å². The lowest BCUT2D eigenvalue weighted by Crippen LogP contribution is -2.42. The average molecular weight is 622 g/mol. The number of fused-ring (bicyclic) bond motifs is 2. The van der Waals surface area contributed by atoms with Crippen molar-refractivity contribution >= 4 is 29.1 Å². The maximum atomic E-state index is 14.2. The zero-order valence-electron chi connectivity index (χ0n) is 24.0. The number of benzene rings is 3. The Hall–Kier alpha value is -5.53. The number of carbonyl (C=O) groups excluding carboxylic acids is 3. The molecule has 3 amide bonds. The number of ether oxygens (including phenoxy) is 3. The summed E-state index contributed by atoms with van der Waals surface area (Å²) in [5.74, 6) is -0.888. The fraction of sp³-hybridized carbons (Fsp3) is 0.226. The zero-order valence-corrected chi connectivity index (χ0v) is 24.0. The molecule has 6 rings (SSSR count).